The average molecular weight is 181 g/mol. The predicted molar refractivity (Wildman–Crippen MR) is 54.2 cm³/mol. The Bertz CT molecular complexity index is 192. The van der Waals surface area contributed by atoms with Gasteiger partial charge in [-0.25, -0.2) is 0 Å². The molecule has 1 saturated carbocycles. The van der Waals surface area contributed by atoms with Gasteiger partial charge in [-0.1, -0.05) is 12.3 Å². The van der Waals surface area contributed by atoms with Gasteiger partial charge in [0.2, 0.25) is 0 Å². The molecular weight excluding hydrogens is 162 g/mol. The van der Waals surface area contributed by atoms with E-state index in [1.54, 1.807) is 0 Å². The second-order valence-electron chi connectivity index (χ2n) is 3.69. The monoisotopic (exact) mass is 181 g/mol. The van der Waals surface area contributed by atoms with E-state index in [9.17, 15) is 0 Å². The Kier molecular flexibility index (Phi) is 4.88. The molecule has 2 nitrogen and oxygen atoms in total. The molecule has 0 heterocycles. The molecule has 1 aliphatic carbocycles. The molecule has 0 spiro atoms. The van der Waals surface area contributed by atoms with Gasteiger partial charge in [-0.15, -0.1) is 5.92 Å². The quantitative estimate of drug-likeness (QED) is 0.501. The summed E-state index contributed by atoms with van der Waals surface area (Å²) in [6.07, 6.45) is 3.73. The second-order valence-corrected chi connectivity index (χ2v) is 3.69. The number of hydrogen-bond donors (Lipinski definition) is 2. The summed E-state index contributed by atoms with van der Waals surface area (Å²) >= 11 is 0. The minimum absolute atomic E-state index is 0.353. The molecule has 1 fully saturated rings. The van der Waals surface area contributed by atoms with Gasteiger partial charge in [0.15, 0.2) is 0 Å². The van der Waals surface area contributed by atoms with E-state index in [1.807, 2.05) is 6.92 Å². The van der Waals surface area contributed by atoms with Crippen LogP contribution >= 0.6 is 0 Å². The first-order chi connectivity index (χ1) is 6.38. The van der Waals surface area contributed by atoms with Gasteiger partial charge in [0.25, 0.3) is 0 Å². The standard InChI is InChI=1S/C11H19NO/c1-2-3-7-12-8-10-5-4-6-11(10)9-13/h10-13H,4-9H2,1H3. The Morgan fingerprint density at radius 3 is 2.85 bits per heavy atom. The smallest absolute Gasteiger partial charge is 0.0576 e. The fraction of sp³-hybridized carbons (Fsp3) is 0.818. The van der Waals surface area contributed by atoms with Crippen molar-refractivity contribution in [1.82, 2.24) is 5.32 Å². The van der Waals surface area contributed by atoms with Gasteiger partial charge in [0.1, 0.15) is 0 Å². The van der Waals surface area contributed by atoms with E-state index >= 15 is 0 Å². The maximum Gasteiger partial charge on any atom is 0.0576 e. The highest BCUT2D eigenvalue weighted by molar-refractivity contribution is 4.97. The largest absolute Gasteiger partial charge is 0.396 e. The SMILES string of the molecule is CC#CCNCC1CCCC1CO. The molecule has 2 N–H and O–H groups in total. The van der Waals surface area contributed by atoms with Crippen molar-refractivity contribution in [2.75, 3.05) is 19.7 Å². The Morgan fingerprint density at radius 1 is 1.38 bits per heavy atom. The highest BCUT2D eigenvalue weighted by Crippen LogP contribution is 2.30. The van der Waals surface area contributed by atoms with Gasteiger partial charge < -0.3 is 10.4 Å². The van der Waals surface area contributed by atoms with Gasteiger partial charge in [-0.05, 0) is 38.1 Å². The van der Waals surface area contributed by atoms with Gasteiger partial charge in [0, 0.05) is 6.61 Å². The molecule has 13 heavy (non-hydrogen) atoms. The van der Waals surface area contributed by atoms with E-state index in [0.29, 0.717) is 18.4 Å². The van der Waals surface area contributed by atoms with Crippen molar-refractivity contribution in [1.29, 1.82) is 0 Å². The Morgan fingerprint density at radius 2 is 2.15 bits per heavy atom. The maximum absolute atomic E-state index is 9.08. The Hall–Kier alpha value is -0.520. The first-order valence-electron chi connectivity index (χ1n) is 5.09. The van der Waals surface area contributed by atoms with Crippen LogP contribution in [0.25, 0.3) is 0 Å². The maximum atomic E-state index is 9.08. The van der Waals surface area contributed by atoms with E-state index in [4.69, 9.17) is 5.11 Å². The number of aliphatic hydroxyl groups excluding tert-OH is 1. The van der Waals surface area contributed by atoms with Crippen molar-refractivity contribution < 1.29 is 5.11 Å². The van der Waals surface area contributed by atoms with E-state index < -0.39 is 0 Å². The van der Waals surface area contributed by atoms with Crippen molar-refractivity contribution in [3.05, 3.63) is 0 Å². The van der Waals surface area contributed by atoms with E-state index in [-0.39, 0.29) is 0 Å². The second kappa shape index (κ2) is 6.01. The third-order valence-corrected chi connectivity index (χ3v) is 2.85. The van der Waals surface area contributed by atoms with Gasteiger partial charge in [-0.2, -0.15) is 0 Å². The Labute approximate surface area is 80.7 Å². The molecule has 2 heteroatoms. The van der Waals surface area contributed by atoms with Crippen LogP contribution in [0.1, 0.15) is 26.2 Å². The molecule has 0 aromatic carbocycles. The highest BCUT2D eigenvalue weighted by Gasteiger charge is 2.25. The topological polar surface area (TPSA) is 32.3 Å². The summed E-state index contributed by atoms with van der Waals surface area (Å²) in [5, 5.41) is 12.4. The lowest BCUT2D eigenvalue weighted by Gasteiger charge is -2.16. The molecule has 74 valence electrons. The molecule has 2 unspecified atom stereocenters. The summed E-state index contributed by atoms with van der Waals surface area (Å²) < 4.78 is 0. The lowest BCUT2D eigenvalue weighted by atomic mass is 9.97. The zero-order chi connectivity index (χ0) is 9.52. The first kappa shape index (κ1) is 10.6. The lowest BCUT2D eigenvalue weighted by molar-refractivity contribution is 0.193. The van der Waals surface area contributed by atoms with Crippen LogP contribution in [0, 0.1) is 23.7 Å². The molecule has 1 rings (SSSR count). The summed E-state index contributed by atoms with van der Waals surface area (Å²) in [6.45, 7) is 4.00. The third-order valence-electron chi connectivity index (χ3n) is 2.85. The molecule has 0 aromatic heterocycles. The predicted octanol–water partition coefficient (Wildman–Crippen LogP) is 1.01. The first-order valence-corrected chi connectivity index (χ1v) is 5.09. The lowest BCUT2D eigenvalue weighted by Crippen LogP contribution is -2.26. The summed E-state index contributed by atoms with van der Waals surface area (Å²) in [4.78, 5) is 0. The van der Waals surface area contributed by atoms with Gasteiger partial charge in [0.05, 0.1) is 6.54 Å². The van der Waals surface area contributed by atoms with Crippen molar-refractivity contribution in [2.45, 2.75) is 26.2 Å². The van der Waals surface area contributed by atoms with Gasteiger partial charge >= 0.3 is 0 Å². The molecular formula is C11H19NO. The van der Waals surface area contributed by atoms with E-state index in [1.165, 1.54) is 19.3 Å². The number of aliphatic hydroxyl groups is 1. The average Bonchev–Trinajstić information content (AvgIpc) is 2.60. The number of rotatable bonds is 4. The molecule has 1 aliphatic rings. The van der Waals surface area contributed by atoms with E-state index in [2.05, 4.69) is 17.2 Å². The van der Waals surface area contributed by atoms with Crippen LogP contribution in [-0.4, -0.2) is 24.8 Å². The third kappa shape index (κ3) is 3.38. The van der Waals surface area contributed by atoms with Crippen molar-refractivity contribution in [2.24, 2.45) is 11.8 Å². The molecule has 0 aromatic rings. The highest BCUT2D eigenvalue weighted by atomic mass is 16.3. The van der Waals surface area contributed by atoms with Crippen LogP contribution in [0.15, 0.2) is 0 Å². The Balaban J connectivity index is 2.15. The normalized spacial score (nSPS) is 26.9. The fourth-order valence-corrected chi connectivity index (χ4v) is 2.03. The van der Waals surface area contributed by atoms with Crippen LogP contribution in [-0.2, 0) is 0 Å². The molecule has 0 amide bonds. The molecule has 0 aliphatic heterocycles. The molecule has 2 atom stereocenters. The molecule has 0 radical (unpaired) electrons. The summed E-state index contributed by atoms with van der Waals surface area (Å²) in [5.41, 5.74) is 0. The van der Waals surface area contributed by atoms with Crippen LogP contribution in [0.2, 0.25) is 0 Å². The minimum Gasteiger partial charge on any atom is -0.396 e. The number of hydrogen-bond acceptors (Lipinski definition) is 2. The van der Waals surface area contributed by atoms with Crippen LogP contribution < -0.4 is 5.32 Å². The zero-order valence-corrected chi connectivity index (χ0v) is 8.34. The van der Waals surface area contributed by atoms with Crippen LogP contribution in [0.3, 0.4) is 0 Å². The van der Waals surface area contributed by atoms with Crippen molar-refractivity contribution >= 4 is 0 Å². The molecule has 0 saturated heterocycles. The summed E-state index contributed by atoms with van der Waals surface area (Å²) in [5.74, 6) is 7.04. The fourth-order valence-electron chi connectivity index (χ4n) is 2.03. The summed E-state index contributed by atoms with van der Waals surface area (Å²) in [7, 11) is 0. The number of nitrogens with one attached hydrogen (secondary N) is 1. The summed E-state index contributed by atoms with van der Waals surface area (Å²) in [6, 6.07) is 0. The van der Waals surface area contributed by atoms with Gasteiger partial charge in [-0.3, -0.25) is 0 Å². The van der Waals surface area contributed by atoms with E-state index in [0.717, 1.165) is 13.1 Å². The van der Waals surface area contributed by atoms with Crippen molar-refractivity contribution in [3.63, 3.8) is 0 Å². The van der Waals surface area contributed by atoms with Crippen LogP contribution in [0.5, 0.6) is 0 Å². The minimum atomic E-state index is 0.353. The molecule has 0 bridgehead atoms. The van der Waals surface area contributed by atoms with Crippen LogP contribution in [0.4, 0.5) is 0 Å². The van der Waals surface area contributed by atoms with Crippen molar-refractivity contribution in [3.8, 4) is 11.8 Å². The zero-order valence-electron chi connectivity index (χ0n) is 8.34.